The molecule has 0 spiro atoms. The van der Waals surface area contributed by atoms with Crippen LogP contribution in [0.2, 0.25) is 0 Å². The number of fused-ring (bicyclic) bond motifs is 1. The molecule has 3 heterocycles. The summed E-state index contributed by atoms with van der Waals surface area (Å²) in [6, 6.07) is 15.4. The van der Waals surface area contributed by atoms with Crippen molar-refractivity contribution in [3.05, 3.63) is 66.8 Å². The van der Waals surface area contributed by atoms with Crippen LogP contribution in [0.5, 0.6) is 11.5 Å². The van der Waals surface area contributed by atoms with E-state index < -0.39 is 0 Å². The lowest BCUT2D eigenvalue weighted by atomic mass is 10.3. The van der Waals surface area contributed by atoms with Crippen LogP contribution in [-0.4, -0.2) is 21.7 Å². The van der Waals surface area contributed by atoms with E-state index in [1.807, 2.05) is 65.3 Å². The number of benzene rings is 1. The van der Waals surface area contributed by atoms with Gasteiger partial charge in [-0.2, -0.15) is 0 Å². The van der Waals surface area contributed by atoms with Crippen molar-refractivity contribution in [1.29, 1.82) is 0 Å². The average molecular weight is 321 g/mol. The van der Waals surface area contributed by atoms with E-state index in [4.69, 9.17) is 13.9 Å². The minimum atomic E-state index is 0.181. The summed E-state index contributed by atoms with van der Waals surface area (Å²) in [5.41, 5.74) is 1.94. The molecule has 0 saturated heterocycles. The maximum Gasteiger partial charge on any atom is 0.254 e. The highest BCUT2D eigenvalue weighted by Crippen LogP contribution is 2.27. The minimum absolute atomic E-state index is 0.181. The molecule has 0 aliphatic heterocycles. The Morgan fingerprint density at radius 2 is 1.88 bits per heavy atom. The van der Waals surface area contributed by atoms with E-state index in [9.17, 15) is 0 Å². The standard InChI is InChI=1S/C18H15N3O3/c1-22-15-7-2-3-8-16(15)23-12-17-19-20-18(24-17)13-10-14-6-4-5-9-21(14)11-13/h2-11H,12H2,1H3. The fourth-order valence-corrected chi connectivity index (χ4v) is 2.48. The predicted octanol–water partition coefficient (Wildman–Crippen LogP) is 3.58. The van der Waals surface area contributed by atoms with Gasteiger partial charge in [-0.3, -0.25) is 0 Å². The lowest BCUT2D eigenvalue weighted by Gasteiger charge is -2.07. The van der Waals surface area contributed by atoms with Crippen LogP contribution in [-0.2, 0) is 6.61 Å². The van der Waals surface area contributed by atoms with Gasteiger partial charge in [0.25, 0.3) is 5.89 Å². The van der Waals surface area contributed by atoms with Gasteiger partial charge in [-0.05, 0) is 30.3 Å². The molecule has 24 heavy (non-hydrogen) atoms. The van der Waals surface area contributed by atoms with Gasteiger partial charge in [0.05, 0.1) is 12.7 Å². The molecule has 1 aromatic carbocycles. The van der Waals surface area contributed by atoms with Crippen LogP contribution in [0, 0.1) is 0 Å². The highest BCUT2D eigenvalue weighted by atomic mass is 16.5. The molecule has 6 nitrogen and oxygen atoms in total. The van der Waals surface area contributed by atoms with Crippen molar-refractivity contribution in [2.75, 3.05) is 7.11 Å². The second-order valence-corrected chi connectivity index (χ2v) is 5.20. The zero-order chi connectivity index (χ0) is 16.4. The third-order valence-corrected chi connectivity index (χ3v) is 3.64. The molecule has 0 unspecified atom stereocenters. The highest BCUT2D eigenvalue weighted by Gasteiger charge is 2.12. The Bertz CT molecular complexity index is 941. The van der Waals surface area contributed by atoms with E-state index in [1.165, 1.54) is 0 Å². The van der Waals surface area contributed by atoms with Crippen molar-refractivity contribution in [3.63, 3.8) is 0 Å². The molecule has 120 valence electrons. The molecule has 4 rings (SSSR count). The Morgan fingerprint density at radius 1 is 1.04 bits per heavy atom. The van der Waals surface area contributed by atoms with Crippen molar-refractivity contribution in [2.24, 2.45) is 0 Å². The number of nitrogens with zero attached hydrogens (tertiary/aromatic N) is 3. The largest absolute Gasteiger partial charge is 0.493 e. The summed E-state index contributed by atoms with van der Waals surface area (Å²) in [4.78, 5) is 0. The molecular formula is C18H15N3O3. The van der Waals surface area contributed by atoms with Gasteiger partial charge in [0.2, 0.25) is 5.89 Å². The Hall–Kier alpha value is -3.28. The maximum absolute atomic E-state index is 5.70. The molecule has 0 radical (unpaired) electrons. The van der Waals surface area contributed by atoms with Crippen LogP contribution >= 0.6 is 0 Å². The molecule has 3 aromatic heterocycles. The number of ether oxygens (including phenoxy) is 2. The first-order valence-electron chi connectivity index (χ1n) is 7.49. The topological polar surface area (TPSA) is 61.8 Å². The fourth-order valence-electron chi connectivity index (χ4n) is 2.48. The average Bonchev–Trinajstić information content (AvgIpc) is 3.26. The normalized spacial score (nSPS) is 10.9. The number of pyridine rings is 1. The molecule has 0 bridgehead atoms. The van der Waals surface area contributed by atoms with Gasteiger partial charge in [-0.25, -0.2) is 0 Å². The summed E-state index contributed by atoms with van der Waals surface area (Å²) in [5.74, 6) is 2.17. The Kier molecular flexibility index (Phi) is 3.63. The van der Waals surface area contributed by atoms with Crippen LogP contribution < -0.4 is 9.47 Å². The summed E-state index contributed by atoms with van der Waals surface area (Å²) in [6.07, 6.45) is 3.93. The second kappa shape index (κ2) is 6.08. The zero-order valence-electron chi connectivity index (χ0n) is 13.0. The Balaban J connectivity index is 1.52. The van der Waals surface area contributed by atoms with Gasteiger partial charge in [0, 0.05) is 17.9 Å². The van der Waals surface area contributed by atoms with Crippen molar-refractivity contribution >= 4 is 5.52 Å². The second-order valence-electron chi connectivity index (χ2n) is 5.20. The van der Waals surface area contributed by atoms with Crippen molar-refractivity contribution < 1.29 is 13.9 Å². The smallest absolute Gasteiger partial charge is 0.254 e. The molecule has 0 N–H and O–H groups in total. The lowest BCUT2D eigenvalue weighted by molar-refractivity contribution is 0.251. The van der Waals surface area contributed by atoms with E-state index in [-0.39, 0.29) is 6.61 Å². The quantitative estimate of drug-likeness (QED) is 0.562. The van der Waals surface area contributed by atoms with Gasteiger partial charge in [0.1, 0.15) is 0 Å². The van der Waals surface area contributed by atoms with Crippen LogP contribution in [0.3, 0.4) is 0 Å². The lowest BCUT2D eigenvalue weighted by Crippen LogP contribution is -1.97. The SMILES string of the molecule is COc1ccccc1OCc1nnc(-c2cc3ccccn3c2)o1. The first-order chi connectivity index (χ1) is 11.8. The molecule has 0 aliphatic rings. The van der Waals surface area contributed by atoms with Crippen LogP contribution in [0.4, 0.5) is 0 Å². The van der Waals surface area contributed by atoms with Crippen molar-refractivity contribution in [2.45, 2.75) is 6.61 Å². The molecule has 0 aliphatic carbocycles. The van der Waals surface area contributed by atoms with Gasteiger partial charge >= 0.3 is 0 Å². The van der Waals surface area contributed by atoms with E-state index in [2.05, 4.69) is 10.2 Å². The number of aromatic nitrogens is 3. The van der Waals surface area contributed by atoms with Gasteiger partial charge in [0.15, 0.2) is 18.1 Å². The number of hydrogen-bond donors (Lipinski definition) is 0. The molecule has 0 amide bonds. The number of para-hydroxylation sites is 2. The van der Waals surface area contributed by atoms with E-state index in [1.54, 1.807) is 7.11 Å². The summed E-state index contributed by atoms with van der Waals surface area (Å²) in [6.45, 7) is 0.181. The monoisotopic (exact) mass is 321 g/mol. The van der Waals surface area contributed by atoms with Crippen LogP contribution in [0.1, 0.15) is 5.89 Å². The zero-order valence-corrected chi connectivity index (χ0v) is 13.0. The van der Waals surface area contributed by atoms with Gasteiger partial charge in [-0.15, -0.1) is 10.2 Å². The first-order valence-corrected chi connectivity index (χ1v) is 7.49. The van der Waals surface area contributed by atoms with Crippen LogP contribution in [0.25, 0.3) is 17.0 Å². The predicted molar refractivity (Wildman–Crippen MR) is 88.0 cm³/mol. The molecule has 4 aromatic rings. The number of methoxy groups -OCH3 is 1. The third-order valence-electron chi connectivity index (χ3n) is 3.64. The third kappa shape index (κ3) is 2.69. The van der Waals surface area contributed by atoms with Crippen molar-refractivity contribution in [1.82, 2.24) is 14.6 Å². The fraction of sp³-hybridized carbons (Fsp3) is 0.111. The number of rotatable bonds is 5. The maximum atomic E-state index is 5.70. The molecular weight excluding hydrogens is 306 g/mol. The van der Waals surface area contributed by atoms with E-state index in [0.29, 0.717) is 23.3 Å². The molecule has 0 atom stereocenters. The molecule has 0 fully saturated rings. The summed E-state index contributed by atoms with van der Waals surface area (Å²) in [5, 5.41) is 8.14. The Labute approximate surface area is 138 Å². The van der Waals surface area contributed by atoms with Gasteiger partial charge in [-0.1, -0.05) is 18.2 Å². The van der Waals surface area contributed by atoms with E-state index in [0.717, 1.165) is 11.1 Å². The molecule has 0 saturated carbocycles. The minimum Gasteiger partial charge on any atom is -0.493 e. The summed E-state index contributed by atoms with van der Waals surface area (Å²) < 4.78 is 18.6. The highest BCUT2D eigenvalue weighted by molar-refractivity contribution is 5.64. The summed E-state index contributed by atoms with van der Waals surface area (Å²) >= 11 is 0. The number of hydrogen-bond acceptors (Lipinski definition) is 5. The van der Waals surface area contributed by atoms with Crippen LogP contribution in [0.15, 0.2) is 65.3 Å². The van der Waals surface area contributed by atoms with Gasteiger partial charge < -0.3 is 18.3 Å². The van der Waals surface area contributed by atoms with Crippen molar-refractivity contribution in [3.8, 4) is 23.0 Å². The van der Waals surface area contributed by atoms with E-state index >= 15 is 0 Å². The first kappa shape index (κ1) is 14.3. The molecule has 6 heteroatoms. The summed E-state index contributed by atoms with van der Waals surface area (Å²) in [7, 11) is 1.60. The Morgan fingerprint density at radius 3 is 2.71 bits per heavy atom.